The van der Waals surface area contributed by atoms with Gasteiger partial charge in [0.05, 0.1) is 57.6 Å². The minimum atomic E-state index is -4.22. The van der Waals surface area contributed by atoms with Crippen LogP contribution in [0.2, 0.25) is 0 Å². The summed E-state index contributed by atoms with van der Waals surface area (Å²) in [5.74, 6) is -3.27. The number of imidazole rings is 4. The maximum Gasteiger partial charge on any atom is 0.695 e. The van der Waals surface area contributed by atoms with E-state index in [1.807, 2.05) is 19.0 Å². The third-order valence-electron chi connectivity index (χ3n) is 19.7. The number of aliphatic hydroxyl groups is 1. The molecular weight excluding hydrogens is 1920 g/mol. The fraction of sp³-hybridized carbons (Fsp3) is 0.440. The topological polar surface area (TPSA) is 574 Å². The minimum absolute atomic E-state index is 0.0201. The minimum Gasteiger partial charge on any atom is -0.450 e. The molecule has 9 N–H and O–H groups in total. The highest BCUT2D eigenvalue weighted by molar-refractivity contribution is 8.07. The molecule has 0 bridgehead atoms. The summed E-state index contributed by atoms with van der Waals surface area (Å²) in [5, 5.41) is 30.8. The van der Waals surface area contributed by atoms with Gasteiger partial charge in [-0.1, -0.05) is 71.0 Å². The van der Waals surface area contributed by atoms with Crippen LogP contribution >= 0.6 is 56.5 Å². The summed E-state index contributed by atoms with van der Waals surface area (Å²) in [6, 6.07) is 16.7. The standard InChI is InChI=1S/C36H38F2N11O11P.C34H35F2N11O12P2S.C5H7N3S3/c1-5-19-25(22(38)33(57-19)48-15-42-23-27(40-14-41-28(23)48)44-31(51)18-9-7-6-8-10-18)60-61(55-12-11-39-4)56-13-20-21(37)26(59-36(53)54)34(58-20)49-16-43-24-29(49)45-35(47-32(24)52)46-30(50)17(2)3;1-16(2)29(49)44-34-43-28-23(31(51)45-34)41-15-47(28)33-25(58-60(52)53)20(35)19(57-33)12-55-61(62,54-10-9-37-3)59-24-18(11-48)56-32(21(24)36)46-14-40-22-26(38-13-39-27(22)46)42-30(50)17-7-5-4-6-8-17;1-8(2)3-6-4-7-5(9)11-10-4/h6-10,14-17,19-22,25-26,33-34H,5,11-13H2,1-3H3,(H,53,54)(H,40,41,44,51)(H2,45,46,47,50,52);4-8,13-16,18-21,24-25,32-33,48H,9-12H2,1-2H3,(H3-,38,39,42,43,44,45,49,50,51,52,53);3H,1-2H3/p+1/t19-,20-,21-,22+,25-,26-,33-,34-,61?;18-,19-,20-,21+,24-,25-,32-,33-,61?;/m11./s1. The van der Waals surface area contributed by atoms with Gasteiger partial charge >= 0.3 is 29.7 Å². The number of carbonyl (C=O) groups is 5. The molecule has 3 unspecified atom stereocenters. The van der Waals surface area contributed by atoms with Crippen molar-refractivity contribution in [3.05, 3.63) is 157 Å². The summed E-state index contributed by atoms with van der Waals surface area (Å²) >= 11 is 10.5. The number of alkyl halides is 4. The predicted octanol–water partition coefficient (Wildman–Crippen LogP) is 9.34. The number of aromatic nitrogens is 17. The van der Waals surface area contributed by atoms with Crippen molar-refractivity contribution in [1.29, 1.82) is 0 Å². The first-order valence-electron chi connectivity index (χ1n) is 40.1. The molecule has 4 aliphatic rings. The van der Waals surface area contributed by atoms with Crippen molar-refractivity contribution in [2.45, 2.75) is 139 Å². The lowest BCUT2D eigenvalue weighted by molar-refractivity contribution is -0.119. The molecule has 0 saturated carbocycles. The molecule has 134 heavy (non-hydrogen) atoms. The average Bonchev–Trinajstić information content (AvgIpc) is 1.61. The fourth-order valence-corrected chi connectivity index (χ4v) is 18.7. The Balaban J connectivity index is 0.000000204. The van der Waals surface area contributed by atoms with Crippen LogP contribution in [-0.4, -0.2) is 273 Å². The normalized spacial score (nSPS) is 23.4. The van der Waals surface area contributed by atoms with Crippen molar-refractivity contribution in [3.8, 4) is 0 Å². The first kappa shape index (κ1) is 99.9. The second-order valence-corrected chi connectivity index (χ2v) is 37.2. The number of hydrogen-bond donors (Lipinski definition) is 9. The van der Waals surface area contributed by atoms with Crippen LogP contribution in [0, 0.1) is 28.9 Å². The fourth-order valence-electron chi connectivity index (χ4n) is 13.3. The quantitative estimate of drug-likeness (QED) is 0.00205. The maximum atomic E-state index is 16.6. The molecule has 19 atom stereocenters. The summed E-state index contributed by atoms with van der Waals surface area (Å²) in [5.41, 5.74) is -1.26. The number of fused-ring (bicyclic) bond motifs is 4. The van der Waals surface area contributed by atoms with E-state index in [4.69, 9.17) is 92.5 Å². The van der Waals surface area contributed by atoms with Crippen molar-refractivity contribution in [3.63, 3.8) is 0 Å². The van der Waals surface area contributed by atoms with Crippen molar-refractivity contribution < 1.29 is 117 Å². The van der Waals surface area contributed by atoms with Crippen LogP contribution in [0.4, 0.5) is 51.0 Å². The molecule has 4 fully saturated rings. The molecule has 15 rings (SSSR count). The third-order valence-corrected chi connectivity index (χ3v) is 26.1. The van der Waals surface area contributed by atoms with E-state index >= 15 is 17.6 Å². The van der Waals surface area contributed by atoms with Gasteiger partial charge in [0.25, 0.3) is 22.9 Å². The van der Waals surface area contributed by atoms with Crippen LogP contribution in [0.15, 0.2) is 113 Å². The van der Waals surface area contributed by atoms with Crippen LogP contribution in [-0.2, 0) is 81.3 Å². The molecule has 4 saturated heterocycles. The summed E-state index contributed by atoms with van der Waals surface area (Å²) in [4.78, 5) is 160. The van der Waals surface area contributed by atoms with Crippen LogP contribution in [0.25, 0.3) is 54.3 Å². The number of ether oxygens (including phenoxy) is 5. The molecule has 11 aromatic rings. The number of carbonyl (C=O) groups excluding carboxylic acids is 4. The van der Waals surface area contributed by atoms with Crippen molar-refractivity contribution >= 4 is 178 Å². The van der Waals surface area contributed by atoms with E-state index in [1.165, 1.54) is 48.8 Å². The molecule has 48 nitrogen and oxygen atoms in total. The van der Waals surface area contributed by atoms with E-state index < -0.39 is 195 Å². The number of H-pyrrole nitrogens is 2. The molecule has 0 spiro atoms. The zero-order valence-electron chi connectivity index (χ0n) is 70.9. The van der Waals surface area contributed by atoms with E-state index in [0.717, 1.165) is 33.2 Å². The molecular formula is C75H81F4N25O23P3S4+. The number of aliphatic hydroxyl groups excluding tert-OH is 1. The van der Waals surface area contributed by atoms with Gasteiger partial charge in [0.1, 0.15) is 56.4 Å². The molecule has 4 aliphatic heterocycles. The van der Waals surface area contributed by atoms with Gasteiger partial charge < -0.3 is 81.7 Å². The monoisotopic (exact) mass is 2000 g/mol. The second-order valence-electron chi connectivity index (χ2n) is 29.7. The molecule has 0 aliphatic carbocycles. The number of nitrogens with zero attached hydrogens (tertiary/aromatic N) is 19. The Morgan fingerprint density at radius 3 is 1.58 bits per heavy atom. The predicted molar refractivity (Wildman–Crippen MR) is 473 cm³/mol. The van der Waals surface area contributed by atoms with Gasteiger partial charge in [0.2, 0.25) is 41.9 Å². The highest BCUT2D eigenvalue weighted by atomic mass is 32.9. The van der Waals surface area contributed by atoms with E-state index in [2.05, 4.69) is 101 Å². The SMILES string of the molecule is CN(C)C=Nc1nc(=S)ss1.[C-]#[N+]CCOP(=S)(OC[C@H]1O[C@@H](n2cnc3c(=O)[nH]c(NC(=O)C(C)C)nc32)[C@H](O[P+](=O)O)[C@@H]1F)O[C@H]1[C@H](F)[C@H](n2cnc3c(NC(=O)c4ccccc4)ncnc32)O[C@@H]1CO.[C-]#[N+]CCOP(OC[C@H]1O[C@@H](n2cnc3c(=O)[nH]c(NC(=O)C(C)C)nc32)[C@H](OC(=O)O)[C@@H]1F)O[C@H]1[C@H](F)[C@H](n2cnc3c(NC(=O)c4ccccc4)ncnc32)O[C@@H]1CC. The first-order chi connectivity index (χ1) is 64.3. The molecule has 4 amide bonds. The van der Waals surface area contributed by atoms with Gasteiger partial charge in [0, 0.05) is 41.6 Å². The summed E-state index contributed by atoms with van der Waals surface area (Å²) in [7, 11) is 0.799. The number of amides is 4. The number of nitrogens with one attached hydrogen (secondary N) is 6. The lowest BCUT2D eigenvalue weighted by atomic mass is 10.1. The van der Waals surface area contributed by atoms with E-state index in [1.54, 1.807) is 102 Å². The van der Waals surface area contributed by atoms with Gasteiger partial charge in [0.15, 0.2) is 122 Å². The van der Waals surface area contributed by atoms with Crippen LogP contribution in [0.3, 0.4) is 0 Å². The molecule has 710 valence electrons. The number of carboxylic acid groups (broad SMARTS) is 1. The largest absolute Gasteiger partial charge is 0.695 e. The number of aliphatic imine (C=N–C) groups is 1. The van der Waals surface area contributed by atoms with Gasteiger partial charge in [-0.2, -0.15) is 15.0 Å². The number of hydrogen-bond acceptors (Lipinski definition) is 37. The van der Waals surface area contributed by atoms with Gasteiger partial charge in [-0.25, -0.2) is 80.4 Å². The van der Waals surface area contributed by atoms with Crippen LogP contribution < -0.4 is 32.4 Å². The zero-order valence-corrected chi connectivity index (χ0v) is 76.8. The Kier molecular flexibility index (Phi) is 33.7. The van der Waals surface area contributed by atoms with Gasteiger partial charge in [-0.05, 0) is 75.4 Å². The molecule has 13 heterocycles. The van der Waals surface area contributed by atoms with Gasteiger partial charge in [-0.3, -0.25) is 72.2 Å². The van der Waals surface area contributed by atoms with Crippen LogP contribution in [0.5, 0.6) is 0 Å². The smallest absolute Gasteiger partial charge is 0.450 e. The van der Waals surface area contributed by atoms with Gasteiger partial charge in [-0.15, -0.1) is 9.42 Å². The Hall–Kier alpha value is -11.6. The number of benzene rings is 2. The highest BCUT2D eigenvalue weighted by Gasteiger charge is 2.56. The number of halogens is 4. The molecule has 2 aromatic carbocycles. The lowest BCUT2D eigenvalue weighted by Crippen LogP contribution is -2.34. The number of rotatable bonds is 35. The highest BCUT2D eigenvalue weighted by Crippen LogP contribution is 2.56. The third kappa shape index (κ3) is 23.7. The van der Waals surface area contributed by atoms with E-state index in [-0.39, 0.29) is 101 Å². The van der Waals surface area contributed by atoms with Crippen molar-refractivity contribution in [1.82, 2.24) is 88.0 Å². The number of anilines is 4. The lowest BCUT2D eigenvalue weighted by Gasteiger charge is -2.28. The van der Waals surface area contributed by atoms with E-state index in [9.17, 15) is 53.2 Å². The number of aromatic amines is 2. The Morgan fingerprint density at radius 2 is 1.10 bits per heavy atom. The summed E-state index contributed by atoms with van der Waals surface area (Å²) in [6.07, 6.45) is -19.7. The maximum absolute atomic E-state index is 16.6. The Bertz CT molecular complexity index is 6420. The average molecular weight is 2000 g/mol. The van der Waals surface area contributed by atoms with E-state index in [0.29, 0.717) is 15.1 Å². The van der Waals surface area contributed by atoms with Crippen molar-refractivity contribution in [2.24, 2.45) is 16.8 Å². The Morgan fingerprint density at radius 1 is 0.627 bits per heavy atom. The second kappa shape index (κ2) is 45.2. The summed E-state index contributed by atoms with van der Waals surface area (Å²) in [6.45, 7) is 15.1. The molecule has 0 radical (unpaired) electrons. The zero-order chi connectivity index (χ0) is 95.9. The molecule has 59 heteroatoms. The van der Waals surface area contributed by atoms with Crippen LogP contribution in [0.1, 0.15) is 86.7 Å². The molecule has 9 aromatic heterocycles. The Labute approximate surface area is 773 Å². The van der Waals surface area contributed by atoms with Crippen molar-refractivity contribution in [2.75, 3.05) is 81.5 Å². The first-order valence-corrected chi connectivity index (χ1v) is 47.4. The summed E-state index contributed by atoms with van der Waals surface area (Å²) < 4.78 is 151.